The van der Waals surface area contributed by atoms with Gasteiger partial charge in [-0.2, -0.15) is 5.26 Å². The van der Waals surface area contributed by atoms with Gasteiger partial charge in [0.25, 0.3) is 11.5 Å². The quantitative estimate of drug-likeness (QED) is 0.584. The van der Waals surface area contributed by atoms with Crippen molar-refractivity contribution >= 4 is 22.9 Å². The molecule has 0 saturated heterocycles. The number of fused-ring (bicyclic) bond motifs is 1. The minimum absolute atomic E-state index is 0.0681. The summed E-state index contributed by atoms with van der Waals surface area (Å²) >= 11 is 0. The highest BCUT2D eigenvalue weighted by molar-refractivity contribution is 5.81. The first-order valence-corrected chi connectivity index (χ1v) is 10.6. The van der Waals surface area contributed by atoms with Crippen LogP contribution >= 0.6 is 0 Å². The van der Waals surface area contributed by atoms with E-state index in [1.54, 1.807) is 11.5 Å². The Hall–Kier alpha value is -3.21. The molecule has 0 bridgehead atoms. The third kappa shape index (κ3) is 6.14. The van der Waals surface area contributed by atoms with Crippen LogP contribution in [0.25, 0.3) is 11.0 Å². The number of hydrogen-bond acceptors (Lipinski definition) is 6. The van der Waals surface area contributed by atoms with Gasteiger partial charge in [0.2, 0.25) is 0 Å². The molecule has 1 heterocycles. The first-order valence-electron chi connectivity index (χ1n) is 10.6. The van der Waals surface area contributed by atoms with E-state index in [-0.39, 0.29) is 24.3 Å². The van der Waals surface area contributed by atoms with Crippen molar-refractivity contribution in [2.45, 2.75) is 65.5 Å². The molecule has 2 aromatic rings. The number of para-hydroxylation sites is 2. The number of benzene rings is 1. The Morgan fingerprint density at radius 1 is 1.32 bits per heavy atom. The van der Waals surface area contributed by atoms with E-state index in [1.165, 1.54) is 0 Å². The maximum atomic E-state index is 12.9. The third-order valence-electron chi connectivity index (χ3n) is 5.37. The molecule has 8 nitrogen and oxygen atoms in total. The number of aryl methyl sites for hydroxylation is 2. The van der Waals surface area contributed by atoms with E-state index in [9.17, 15) is 19.6 Å². The number of amides is 1. The van der Waals surface area contributed by atoms with Gasteiger partial charge >= 0.3 is 5.97 Å². The number of hydrogen-bond donors (Lipinski definition) is 1. The van der Waals surface area contributed by atoms with Crippen molar-refractivity contribution in [2.75, 3.05) is 6.61 Å². The summed E-state index contributed by atoms with van der Waals surface area (Å²) in [6.45, 7) is 7.42. The number of carbonyl (C=O) groups excluding carboxylic acids is 2. The second-order valence-corrected chi connectivity index (χ2v) is 8.04. The fourth-order valence-corrected chi connectivity index (χ4v) is 3.01. The Morgan fingerprint density at radius 2 is 2.03 bits per heavy atom. The molecule has 0 spiro atoms. The monoisotopic (exact) mass is 426 g/mol. The molecule has 0 aliphatic rings. The van der Waals surface area contributed by atoms with Crippen LogP contribution in [0.2, 0.25) is 0 Å². The van der Waals surface area contributed by atoms with Gasteiger partial charge in [-0.25, -0.2) is 4.98 Å². The summed E-state index contributed by atoms with van der Waals surface area (Å²) in [5.74, 6) is -1.25. The molecule has 0 radical (unpaired) electrons. The van der Waals surface area contributed by atoms with Crippen molar-refractivity contribution in [1.29, 1.82) is 5.26 Å². The Morgan fingerprint density at radius 3 is 2.68 bits per heavy atom. The van der Waals surface area contributed by atoms with E-state index < -0.39 is 24.0 Å². The maximum absolute atomic E-state index is 12.9. The van der Waals surface area contributed by atoms with Gasteiger partial charge < -0.3 is 14.6 Å². The molecule has 0 aliphatic heterocycles. The molecule has 31 heavy (non-hydrogen) atoms. The van der Waals surface area contributed by atoms with Gasteiger partial charge in [0, 0.05) is 13.0 Å². The lowest BCUT2D eigenvalue weighted by molar-refractivity contribution is -0.149. The second-order valence-electron chi connectivity index (χ2n) is 8.04. The summed E-state index contributed by atoms with van der Waals surface area (Å²) in [7, 11) is 0. The van der Waals surface area contributed by atoms with Crippen LogP contribution in [0.15, 0.2) is 29.1 Å². The number of unbranched alkanes of at least 4 members (excludes halogenated alkanes) is 1. The predicted molar refractivity (Wildman–Crippen MR) is 117 cm³/mol. The normalized spacial score (nSPS) is 12.9. The largest absolute Gasteiger partial charge is 0.456 e. The number of esters is 1. The molecule has 0 unspecified atom stereocenters. The summed E-state index contributed by atoms with van der Waals surface area (Å²) in [5.41, 5.74) is 0.523. The van der Waals surface area contributed by atoms with E-state index in [0.29, 0.717) is 17.8 Å². The van der Waals surface area contributed by atoms with Crippen LogP contribution in [-0.2, 0) is 27.3 Å². The first kappa shape index (κ1) is 24.1. The Kier molecular flexibility index (Phi) is 8.31. The summed E-state index contributed by atoms with van der Waals surface area (Å²) in [6.07, 6.45) is 1.87. The van der Waals surface area contributed by atoms with E-state index in [2.05, 4.69) is 23.3 Å². The topological polar surface area (TPSA) is 114 Å². The fourth-order valence-electron chi connectivity index (χ4n) is 3.01. The van der Waals surface area contributed by atoms with Gasteiger partial charge in [-0.1, -0.05) is 39.3 Å². The predicted octanol–water partition coefficient (Wildman–Crippen LogP) is 2.73. The lowest BCUT2D eigenvalue weighted by Gasteiger charge is -2.27. The lowest BCUT2D eigenvalue weighted by Crippen LogP contribution is -2.50. The number of ether oxygens (including phenoxy) is 1. The molecule has 0 saturated carbocycles. The Balaban J connectivity index is 2.02. The van der Waals surface area contributed by atoms with E-state index >= 15 is 0 Å². The Labute approximate surface area is 182 Å². The second kappa shape index (κ2) is 10.7. The zero-order chi connectivity index (χ0) is 23.0. The molecule has 2 rings (SSSR count). The SMILES string of the molecule is CCCCn1c(=O)c(CCC(=O)OCC(=O)N[C@@](C)(C#N)C(C)C)nc2ccccc21. The number of aromatic nitrogens is 2. The summed E-state index contributed by atoms with van der Waals surface area (Å²) in [6, 6.07) is 9.49. The number of carbonyl (C=O) groups is 2. The number of rotatable bonds is 10. The van der Waals surface area contributed by atoms with Crippen LogP contribution in [0.4, 0.5) is 0 Å². The van der Waals surface area contributed by atoms with E-state index in [1.807, 2.05) is 38.1 Å². The molecule has 166 valence electrons. The molecule has 8 heteroatoms. The molecular formula is C23H30N4O4. The van der Waals surface area contributed by atoms with Crippen molar-refractivity contribution in [3.05, 3.63) is 40.3 Å². The third-order valence-corrected chi connectivity index (χ3v) is 5.37. The minimum atomic E-state index is -1.04. The van der Waals surface area contributed by atoms with Crippen molar-refractivity contribution in [3.8, 4) is 6.07 Å². The highest BCUT2D eigenvalue weighted by Crippen LogP contribution is 2.15. The molecule has 0 aliphatic carbocycles. The van der Waals surface area contributed by atoms with Gasteiger partial charge in [-0.05, 0) is 31.4 Å². The fraction of sp³-hybridized carbons (Fsp3) is 0.522. The van der Waals surface area contributed by atoms with Crippen LogP contribution in [0.3, 0.4) is 0 Å². The van der Waals surface area contributed by atoms with E-state index in [4.69, 9.17) is 4.74 Å². The number of nitrogens with one attached hydrogen (secondary N) is 1. The van der Waals surface area contributed by atoms with E-state index in [0.717, 1.165) is 18.4 Å². The summed E-state index contributed by atoms with van der Waals surface area (Å²) in [5, 5.41) is 11.8. The molecule has 1 aromatic heterocycles. The van der Waals surface area contributed by atoms with Crippen molar-refractivity contribution < 1.29 is 14.3 Å². The van der Waals surface area contributed by atoms with Crippen LogP contribution in [-0.4, -0.2) is 33.6 Å². The first-order chi connectivity index (χ1) is 14.7. The van der Waals surface area contributed by atoms with Gasteiger partial charge in [0.15, 0.2) is 6.61 Å². The van der Waals surface area contributed by atoms with Crippen molar-refractivity contribution in [2.24, 2.45) is 5.92 Å². The molecule has 1 aromatic carbocycles. The summed E-state index contributed by atoms with van der Waals surface area (Å²) in [4.78, 5) is 41.5. The van der Waals surface area contributed by atoms with Gasteiger partial charge in [-0.3, -0.25) is 14.4 Å². The highest BCUT2D eigenvalue weighted by Gasteiger charge is 2.30. The van der Waals surface area contributed by atoms with Gasteiger partial charge in [-0.15, -0.1) is 0 Å². The molecular weight excluding hydrogens is 396 g/mol. The Bertz CT molecular complexity index is 1040. The van der Waals surface area contributed by atoms with Crippen LogP contribution in [0.1, 0.15) is 52.7 Å². The van der Waals surface area contributed by atoms with Crippen LogP contribution in [0, 0.1) is 17.2 Å². The zero-order valence-electron chi connectivity index (χ0n) is 18.6. The average molecular weight is 427 g/mol. The van der Waals surface area contributed by atoms with Crippen molar-refractivity contribution in [1.82, 2.24) is 14.9 Å². The molecule has 1 atom stereocenters. The minimum Gasteiger partial charge on any atom is -0.456 e. The molecule has 0 fully saturated rings. The van der Waals surface area contributed by atoms with Gasteiger partial charge in [0.1, 0.15) is 11.2 Å². The van der Waals surface area contributed by atoms with Crippen LogP contribution < -0.4 is 10.9 Å². The molecule has 1 amide bonds. The highest BCUT2D eigenvalue weighted by atomic mass is 16.5. The smallest absolute Gasteiger partial charge is 0.306 e. The van der Waals surface area contributed by atoms with Crippen LogP contribution in [0.5, 0.6) is 0 Å². The standard InChI is InChI=1S/C23H30N4O4/c1-5-6-13-27-19-10-8-7-9-17(19)25-18(22(27)30)11-12-21(29)31-14-20(28)26-23(4,15-24)16(2)3/h7-10,16H,5-6,11-14H2,1-4H3,(H,26,28)/t23-/m0/s1. The lowest BCUT2D eigenvalue weighted by atomic mass is 9.90. The zero-order valence-corrected chi connectivity index (χ0v) is 18.6. The van der Waals surface area contributed by atoms with Crippen molar-refractivity contribution in [3.63, 3.8) is 0 Å². The summed E-state index contributed by atoms with van der Waals surface area (Å²) < 4.78 is 6.72. The molecule has 1 N–H and O–H groups in total. The number of nitrogens with zero attached hydrogens (tertiary/aromatic N) is 3. The average Bonchev–Trinajstić information content (AvgIpc) is 2.75. The number of nitriles is 1. The van der Waals surface area contributed by atoms with Gasteiger partial charge in [0.05, 0.1) is 23.5 Å². The maximum Gasteiger partial charge on any atom is 0.306 e.